The summed E-state index contributed by atoms with van der Waals surface area (Å²) in [6.45, 7) is -0.303. The summed E-state index contributed by atoms with van der Waals surface area (Å²) in [5.41, 5.74) is 10.1. The molecule has 7 N–H and O–H groups in total. The van der Waals surface area contributed by atoms with Gasteiger partial charge in [0.15, 0.2) is 0 Å². The number of carboxylic acid groups (broad SMARTS) is 1. The molecule has 1 aliphatic rings. The van der Waals surface area contributed by atoms with Gasteiger partial charge in [-0.15, -0.1) is 11.8 Å². The molecule has 12 heteroatoms. The predicted molar refractivity (Wildman–Crippen MR) is 86.5 cm³/mol. The molecule has 0 radical (unpaired) electrons. The largest absolute Gasteiger partial charge is 0.481 e. The van der Waals surface area contributed by atoms with E-state index in [-0.39, 0.29) is 12.4 Å². The van der Waals surface area contributed by atoms with Crippen molar-refractivity contribution in [2.45, 2.75) is 35.3 Å². The van der Waals surface area contributed by atoms with Crippen molar-refractivity contribution in [1.82, 2.24) is 9.55 Å². The van der Waals surface area contributed by atoms with Crippen LogP contribution in [0.1, 0.15) is 11.8 Å². The van der Waals surface area contributed by atoms with Crippen LogP contribution in [-0.2, 0) is 14.3 Å². The lowest BCUT2D eigenvalue weighted by Crippen LogP contribution is -2.38. The van der Waals surface area contributed by atoms with Crippen LogP contribution in [0.15, 0.2) is 17.1 Å². The zero-order chi connectivity index (χ0) is 18.7. The lowest BCUT2D eigenvalue weighted by atomic mass is 10.1. The monoisotopic (exact) mass is 374 g/mol. The van der Waals surface area contributed by atoms with E-state index >= 15 is 0 Å². The molecule has 1 aliphatic heterocycles. The van der Waals surface area contributed by atoms with Gasteiger partial charge in [0.2, 0.25) is 0 Å². The van der Waals surface area contributed by atoms with E-state index in [1.165, 1.54) is 12.3 Å². The molecule has 2 unspecified atom stereocenters. The lowest BCUT2D eigenvalue weighted by Gasteiger charge is -2.17. The lowest BCUT2D eigenvalue weighted by molar-refractivity contribution is -0.149. The fourth-order valence-electron chi connectivity index (χ4n) is 2.26. The van der Waals surface area contributed by atoms with E-state index in [0.717, 1.165) is 16.3 Å². The van der Waals surface area contributed by atoms with Crippen molar-refractivity contribution in [2.75, 3.05) is 12.3 Å². The third kappa shape index (κ3) is 4.48. The Bertz CT molecular complexity index is 712. The second kappa shape index (κ2) is 7.82. The number of carboxylic acids is 1. The molecule has 0 spiro atoms. The molecule has 25 heavy (non-hydrogen) atoms. The van der Waals surface area contributed by atoms with Gasteiger partial charge in [0, 0.05) is 6.20 Å². The predicted octanol–water partition coefficient (Wildman–Crippen LogP) is -2.49. The number of aliphatic hydroxyl groups is 2. The summed E-state index contributed by atoms with van der Waals surface area (Å²) in [6.07, 6.45) is -1.82. The first kappa shape index (κ1) is 19.2. The molecule has 1 aromatic heterocycles. The number of rotatable bonds is 6. The quantitative estimate of drug-likeness (QED) is 0.331. The smallest absolute Gasteiger partial charge is 0.350 e. The molecule has 5 atom stereocenters. The van der Waals surface area contributed by atoms with Gasteiger partial charge in [-0.2, -0.15) is 4.98 Å². The number of nitrogens with zero attached hydrogens (tertiary/aromatic N) is 2. The molecule has 2 heterocycles. The highest BCUT2D eigenvalue weighted by Crippen LogP contribution is 2.41. The highest BCUT2D eigenvalue weighted by atomic mass is 32.2. The van der Waals surface area contributed by atoms with E-state index in [0.29, 0.717) is 0 Å². The maximum absolute atomic E-state index is 11.9. The van der Waals surface area contributed by atoms with Gasteiger partial charge < -0.3 is 31.5 Å². The van der Waals surface area contributed by atoms with Crippen LogP contribution >= 0.6 is 11.8 Å². The third-order valence-corrected chi connectivity index (χ3v) is 5.10. The summed E-state index contributed by atoms with van der Waals surface area (Å²) in [5, 5.41) is 27.2. The van der Waals surface area contributed by atoms with Gasteiger partial charge in [-0.05, 0) is 6.07 Å². The summed E-state index contributed by atoms with van der Waals surface area (Å²) >= 11 is 1.02. The zero-order valence-corrected chi connectivity index (χ0v) is 13.7. The van der Waals surface area contributed by atoms with Crippen molar-refractivity contribution < 1.29 is 29.6 Å². The maximum atomic E-state index is 11.9. The van der Waals surface area contributed by atoms with Crippen LogP contribution in [0.25, 0.3) is 0 Å². The molecule has 0 amide bonds. The number of carbonyl (C=O) groups is 2. The summed E-state index contributed by atoms with van der Waals surface area (Å²) in [5.74, 6) is -2.15. The van der Waals surface area contributed by atoms with E-state index in [9.17, 15) is 24.6 Å². The average Bonchev–Trinajstić information content (AvgIpc) is 2.80. The number of aromatic nitrogens is 2. The summed E-state index contributed by atoms with van der Waals surface area (Å²) in [7, 11) is 0. The molecular weight excluding hydrogens is 356 g/mol. The SMILES string of the molecule is Nc1ccn([C@@H]2S[C@H](COC(=O)[C@@H](N)CC(=O)O)C(O)C2O)c(=O)n1. The molecule has 1 fully saturated rings. The standard InChI is InChI=1S/C13H18N4O7S/c14-5(3-8(18)19)12(22)24-4-6-9(20)10(21)11(25-6)17-2-1-7(15)16-13(17)23/h1-2,5-6,9-11,20-21H,3-4,14H2,(H,18,19)(H2,15,16,23)/t5-,6+,9?,10?,11+/m0/s1. The Morgan fingerprint density at radius 2 is 2.08 bits per heavy atom. The van der Waals surface area contributed by atoms with E-state index < -0.39 is 52.9 Å². The van der Waals surface area contributed by atoms with Crippen LogP contribution in [0.4, 0.5) is 5.82 Å². The number of nitrogens with two attached hydrogens (primary N) is 2. The molecular formula is C13H18N4O7S. The van der Waals surface area contributed by atoms with Crippen LogP contribution in [0.2, 0.25) is 0 Å². The van der Waals surface area contributed by atoms with Crippen LogP contribution in [0.5, 0.6) is 0 Å². The van der Waals surface area contributed by atoms with Crippen molar-refractivity contribution in [3.05, 3.63) is 22.7 Å². The Labute approximate surface area is 145 Å². The molecule has 2 rings (SSSR count). The van der Waals surface area contributed by atoms with E-state index in [1.807, 2.05) is 0 Å². The van der Waals surface area contributed by atoms with Gasteiger partial charge in [-0.3, -0.25) is 14.2 Å². The van der Waals surface area contributed by atoms with E-state index in [2.05, 4.69) is 4.98 Å². The van der Waals surface area contributed by atoms with Crippen molar-refractivity contribution in [3.63, 3.8) is 0 Å². The van der Waals surface area contributed by atoms with Crippen molar-refractivity contribution in [2.24, 2.45) is 5.73 Å². The fraction of sp³-hybridized carbons (Fsp3) is 0.538. The number of carbonyl (C=O) groups excluding carboxylic acids is 1. The third-order valence-electron chi connectivity index (χ3n) is 3.55. The van der Waals surface area contributed by atoms with Gasteiger partial charge in [-0.25, -0.2) is 4.79 Å². The number of hydrogen-bond acceptors (Lipinski definition) is 10. The van der Waals surface area contributed by atoms with Crippen LogP contribution in [0, 0.1) is 0 Å². The van der Waals surface area contributed by atoms with E-state index in [1.54, 1.807) is 0 Å². The molecule has 0 aromatic carbocycles. The molecule has 138 valence electrons. The van der Waals surface area contributed by atoms with Gasteiger partial charge in [0.05, 0.1) is 17.8 Å². The Morgan fingerprint density at radius 3 is 2.68 bits per heavy atom. The number of aliphatic carboxylic acids is 1. The number of ether oxygens (including phenoxy) is 1. The highest BCUT2D eigenvalue weighted by molar-refractivity contribution is 8.00. The molecule has 0 saturated carbocycles. The average molecular weight is 374 g/mol. The van der Waals surface area contributed by atoms with Crippen LogP contribution in [0.3, 0.4) is 0 Å². The number of nitrogen functional groups attached to an aromatic ring is 1. The zero-order valence-electron chi connectivity index (χ0n) is 12.9. The van der Waals surface area contributed by atoms with Crippen molar-refractivity contribution in [3.8, 4) is 0 Å². The normalized spacial score (nSPS) is 27.0. The molecule has 0 bridgehead atoms. The van der Waals surface area contributed by atoms with Crippen molar-refractivity contribution in [1.29, 1.82) is 0 Å². The first-order valence-corrected chi connectivity index (χ1v) is 8.15. The van der Waals surface area contributed by atoms with E-state index in [4.69, 9.17) is 21.3 Å². The Hall–Kier alpha value is -2.15. The second-order valence-electron chi connectivity index (χ2n) is 5.42. The molecule has 1 aromatic rings. The number of hydrogen-bond donors (Lipinski definition) is 5. The number of aliphatic hydroxyl groups excluding tert-OH is 2. The first-order chi connectivity index (χ1) is 11.7. The van der Waals surface area contributed by atoms with Crippen LogP contribution in [-0.4, -0.2) is 66.9 Å². The van der Waals surface area contributed by atoms with Gasteiger partial charge >= 0.3 is 17.6 Å². The molecule has 11 nitrogen and oxygen atoms in total. The minimum absolute atomic E-state index is 0.0252. The molecule has 1 saturated heterocycles. The number of thioether (sulfide) groups is 1. The second-order valence-corrected chi connectivity index (χ2v) is 6.78. The Balaban J connectivity index is 2.01. The number of esters is 1. The van der Waals surface area contributed by atoms with Gasteiger partial charge in [-0.1, -0.05) is 0 Å². The maximum Gasteiger partial charge on any atom is 0.350 e. The first-order valence-electron chi connectivity index (χ1n) is 7.21. The fourth-order valence-corrected chi connectivity index (χ4v) is 3.70. The summed E-state index contributed by atoms with van der Waals surface area (Å²) in [6, 6.07) is 0.0463. The van der Waals surface area contributed by atoms with Gasteiger partial charge in [0.25, 0.3) is 0 Å². The minimum atomic E-state index is -1.33. The highest BCUT2D eigenvalue weighted by Gasteiger charge is 2.44. The summed E-state index contributed by atoms with van der Waals surface area (Å²) in [4.78, 5) is 37.5. The van der Waals surface area contributed by atoms with Gasteiger partial charge in [0.1, 0.15) is 29.9 Å². The molecule has 0 aliphatic carbocycles. The Morgan fingerprint density at radius 1 is 1.40 bits per heavy atom. The minimum Gasteiger partial charge on any atom is -0.481 e. The number of anilines is 1. The van der Waals surface area contributed by atoms with Crippen molar-refractivity contribution >= 4 is 29.5 Å². The topological polar surface area (TPSA) is 191 Å². The summed E-state index contributed by atoms with van der Waals surface area (Å²) < 4.78 is 6.02. The van der Waals surface area contributed by atoms with Crippen LogP contribution < -0.4 is 17.2 Å². The Kier molecular flexibility index (Phi) is 6.00.